The summed E-state index contributed by atoms with van der Waals surface area (Å²) in [6.07, 6.45) is 1.57. The van der Waals surface area contributed by atoms with E-state index < -0.39 is 0 Å². The summed E-state index contributed by atoms with van der Waals surface area (Å²) in [6, 6.07) is 19.6. The fraction of sp³-hybridized carbons (Fsp3) is 0.350. The molecule has 3 unspecified atom stereocenters. The minimum absolute atomic E-state index is 0.0231. The Kier molecular flexibility index (Phi) is 5.62. The van der Waals surface area contributed by atoms with Gasteiger partial charge in [0.15, 0.2) is 0 Å². The number of carbonyl (C=O) groups is 1. The zero-order valence-corrected chi connectivity index (χ0v) is 13.7. The normalized spacial score (nSPS) is 21.9. The van der Waals surface area contributed by atoms with E-state index in [1.54, 1.807) is 0 Å². The second kappa shape index (κ2) is 8.08. The average Bonchev–Trinajstić information content (AvgIpc) is 2.67. The van der Waals surface area contributed by atoms with E-state index in [9.17, 15) is 4.79 Å². The van der Waals surface area contributed by atoms with Crippen LogP contribution in [0.1, 0.15) is 36.1 Å². The summed E-state index contributed by atoms with van der Waals surface area (Å²) in [4.78, 5) is 12.7. The highest BCUT2D eigenvalue weighted by Gasteiger charge is 2.33. The van der Waals surface area contributed by atoms with Crippen LogP contribution in [0.3, 0.4) is 0 Å². The number of hydrogen-bond acceptors (Lipinski definition) is 3. The summed E-state index contributed by atoms with van der Waals surface area (Å²) in [5.41, 5.74) is 8.26. The van der Waals surface area contributed by atoms with Crippen LogP contribution in [0.5, 0.6) is 0 Å². The Bertz CT molecular complexity index is 645. The van der Waals surface area contributed by atoms with E-state index in [2.05, 4.69) is 5.32 Å². The molecule has 3 rings (SSSR count). The van der Waals surface area contributed by atoms with Gasteiger partial charge in [-0.25, -0.2) is 0 Å². The highest BCUT2D eigenvalue weighted by atomic mass is 16.5. The predicted molar refractivity (Wildman–Crippen MR) is 94.2 cm³/mol. The maximum atomic E-state index is 12.7. The number of amides is 1. The molecule has 1 aliphatic rings. The molecule has 1 saturated heterocycles. The zero-order chi connectivity index (χ0) is 16.8. The standard InChI is InChI=1S/C20H24N2O2/c21-18(15-8-3-1-4-9-15)14-22-20(23)17-12-7-13-24-19(17)16-10-5-2-6-11-16/h1-6,8-11,17-19H,7,12-14,21H2,(H,22,23). The maximum Gasteiger partial charge on any atom is 0.226 e. The molecule has 1 amide bonds. The average molecular weight is 324 g/mol. The Balaban J connectivity index is 1.62. The fourth-order valence-electron chi connectivity index (χ4n) is 3.18. The highest BCUT2D eigenvalue weighted by molar-refractivity contribution is 5.79. The molecule has 1 aliphatic heterocycles. The first kappa shape index (κ1) is 16.7. The smallest absolute Gasteiger partial charge is 0.226 e. The first-order valence-electron chi connectivity index (χ1n) is 8.50. The molecule has 2 aromatic rings. The van der Waals surface area contributed by atoms with Crippen LogP contribution in [-0.4, -0.2) is 19.1 Å². The Hall–Kier alpha value is -2.17. The van der Waals surface area contributed by atoms with E-state index >= 15 is 0 Å². The minimum Gasteiger partial charge on any atom is -0.373 e. The van der Waals surface area contributed by atoms with Gasteiger partial charge in [-0.3, -0.25) is 4.79 Å². The van der Waals surface area contributed by atoms with Crippen LogP contribution < -0.4 is 11.1 Å². The van der Waals surface area contributed by atoms with Crippen LogP contribution in [0, 0.1) is 5.92 Å². The summed E-state index contributed by atoms with van der Waals surface area (Å²) in [7, 11) is 0. The van der Waals surface area contributed by atoms with Crippen molar-refractivity contribution < 1.29 is 9.53 Å². The van der Waals surface area contributed by atoms with Gasteiger partial charge in [0.05, 0.1) is 12.0 Å². The Labute approximate surface area is 143 Å². The van der Waals surface area contributed by atoms with Gasteiger partial charge in [0.25, 0.3) is 0 Å². The van der Waals surface area contributed by atoms with E-state index in [0.29, 0.717) is 13.2 Å². The lowest BCUT2D eigenvalue weighted by Gasteiger charge is -2.31. The van der Waals surface area contributed by atoms with E-state index in [1.165, 1.54) is 0 Å². The second-order valence-electron chi connectivity index (χ2n) is 6.21. The number of benzene rings is 2. The minimum atomic E-state index is -0.199. The molecule has 0 aliphatic carbocycles. The van der Waals surface area contributed by atoms with Crippen LogP contribution in [0.2, 0.25) is 0 Å². The molecular weight excluding hydrogens is 300 g/mol. The van der Waals surface area contributed by atoms with E-state index in [1.807, 2.05) is 60.7 Å². The fourth-order valence-corrected chi connectivity index (χ4v) is 3.18. The molecular formula is C20H24N2O2. The predicted octanol–water partition coefficient (Wildman–Crippen LogP) is 2.97. The van der Waals surface area contributed by atoms with Crippen LogP contribution in [0.25, 0.3) is 0 Å². The Morgan fingerprint density at radius 2 is 1.79 bits per heavy atom. The molecule has 1 heterocycles. The number of nitrogens with one attached hydrogen (secondary N) is 1. The van der Waals surface area contributed by atoms with Crippen molar-refractivity contribution in [3.63, 3.8) is 0 Å². The SMILES string of the molecule is NC(CNC(=O)C1CCCOC1c1ccccc1)c1ccccc1. The van der Waals surface area contributed by atoms with Crippen LogP contribution in [0.15, 0.2) is 60.7 Å². The summed E-state index contributed by atoms with van der Waals surface area (Å²) in [6.45, 7) is 1.13. The van der Waals surface area contributed by atoms with Gasteiger partial charge >= 0.3 is 0 Å². The summed E-state index contributed by atoms with van der Waals surface area (Å²) in [5.74, 6) is -0.140. The molecule has 2 aromatic carbocycles. The first-order valence-corrected chi connectivity index (χ1v) is 8.50. The third kappa shape index (κ3) is 4.02. The van der Waals surface area contributed by atoms with Gasteiger partial charge in [-0.15, -0.1) is 0 Å². The van der Waals surface area contributed by atoms with Crippen molar-refractivity contribution in [2.45, 2.75) is 25.0 Å². The van der Waals surface area contributed by atoms with Crippen LogP contribution >= 0.6 is 0 Å². The van der Waals surface area contributed by atoms with Gasteiger partial charge in [0.2, 0.25) is 5.91 Å². The largest absolute Gasteiger partial charge is 0.373 e. The molecule has 0 spiro atoms. The number of nitrogens with two attached hydrogens (primary N) is 1. The van der Waals surface area contributed by atoms with Gasteiger partial charge in [-0.05, 0) is 24.0 Å². The zero-order valence-electron chi connectivity index (χ0n) is 13.7. The van der Waals surface area contributed by atoms with Gasteiger partial charge in [-0.2, -0.15) is 0 Å². The Morgan fingerprint density at radius 3 is 2.50 bits per heavy atom. The van der Waals surface area contributed by atoms with Crippen molar-refractivity contribution >= 4 is 5.91 Å². The third-order valence-electron chi connectivity index (χ3n) is 4.51. The summed E-state index contributed by atoms with van der Waals surface area (Å²) >= 11 is 0. The van der Waals surface area contributed by atoms with Gasteiger partial charge in [0, 0.05) is 19.2 Å². The van der Waals surface area contributed by atoms with E-state index in [0.717, 1.165) is 24.0 Å². The first-order chi connectivity index (χ1) is 11.8. The Morgan fingerprint density at radius 1 is 1.12 bits per heavy atom. The molecule has 3 N–H and O–H groups in total. The third-order valence-corrected chi connectivity index (χ3v) is 4.51. The van der Waals surface area contributed by atoms with Crippen molar-refractivity contribution in [3.05, 3.63) is 71.8 Å². The van der Waals surface area contributed by atoms with Crippen molar-refractivity contribution in [1.29, 1.82) is 0 Å². The van der Waals surface area contributed by atoms with Crippen molar-refractivity contribution in [2.75, 3.05) is 13.2 Å². The van der Waals surface area contributed by atoms with E-state index in [-0.39, 0.29) is 24.0 Å². The second-order valence-corrected chi connectivity index (χ2v) is 6.21. The van der Waals surface area contributed by atoms with E-state index in [4.69, 9.17) is 10.5 Å². The molecule has 3 atom stereocenters. The van der Waals surface area contributed by atoms with Crippen LogP contribution in [0.4, 0.5) is 0 Å². The molecule has 0 radical (unpaired) electrons. The highest BCUT2D eigenvalue weighted by Crippen LogP contribution is 2.33. The van der Waals surface area contributed by atoms with Crippen molar-refractivity contribution in [2.24, 2.45) is 11.7 Å². The number of ether oxygens (including phenoxy) is 1. The topological polar surface area (TPSA) is 64.3 Å². The number of hydrogen-bond donors (Lipinski definition) is 2. The van der Waals surface area contributed by atoms with Gasteiger partial charge < -0.3 is 15.8 Å². The van der Waals surface area contributed by atoms with Crippen molar-refractivity contribution in [3.8, 4) is 0 Å². The lowest BCUT2D eigenvalue weighted by atomic mass is 9.88. The van der Waals surface area contributed by atoms with Crippen LogP contribution in [-0.2, 0) is 9.53 Å². The summed E-state index contributed by atoms with van der Waals surface area (Å²) < 4.78 is 5.90. The lowest BCUT2D eigenvalue weighted by molar-refractivity contribution is -0.134. The van der Waals surface area contributed by atoms with Gasteiger partial charge in [0.1, 0.15) is 0 Å². The van der Waals surface area contributed by atoms with Gasteiger partial charge in [-0.1, -0.05) is 60.7 Å². The molecule has 4 nitrogen and oxygen atoms in total. The molecule has 0 bridgehead atoms. The molecule has 1 fully saturated rings. The molecule has 24 heavy (non-hydrogen) atoms. The maximum absolute atomic E-state index is 12.7. The summed E-state index contributed by atoms with van der Waals surface area (Å²) in [5, 5.41) is 3.01. The molecule has 0 aromatic heterocycles. The monoisotopic (exact) mass is 324 g/mol. The number of carbonyl (C=O) groups excluding carboxylic acids is 1. The quantitative estimate of drug-likeness (QED) is 0.889. The molecule has 0 saturated carbocycles. The van der Waals surface area contributed by atoms with Crippen molar-refractivity contribution in [1.82, 2.24) is 5.32 Å². The lowest BCUT2D eigenvalue weighted by Crippen LogP contribution is -2.40. The molecule has 126 valence electrons. The number of rotatable bonds is 5. The molecule has 4 heteroatoms.